The third-order valence-corrected chi connectivity index (χ3v) is 6.02. The second kappa shape index (κ2) is 10.3. The van der Waals surface area contributed by atoms with Crippen LogP contribution in [0.2, 0.25) is 0 Å². The van der Waals surface area contributed by atoms with Gasteiger partial charge in [0.1, 0.15) is 17.9 Å². The smallest absolute Gasteiger partial charge is 0.258 e. The van der Waals surface area contributed by atoms with E-state index in [0.717, 1.165) is 16.7 Å². The Morgan fingerprint density at radius 1 is 1.14 bits per heavy atom. The van der Waals surface area contributed by atoms with Crippen LogP contribution < -0.4 is 10.5 Å². The summed E-state index contributed by atoms with van der Waals surface area (Å²) < 4.78 is 11.2. The number of aliphatic hydroxyl groups excluding tert-OH is 1. The van der Waals surface area contributed by atoms with E-state index in [-0.39, 0.29) is 12.0 Å². The molecule has 0 radical (unpaired) electrons. The number of carbonyl (C=O) groups is 1. The summed E-state index contributed by atoms with van der Waals surface area (Å²) >= 11 is 0. The predicted octanol–water partition coefficient (Wildman–Crippen LogP) is 2.70. The van der Waals surface area contributed by atoms with E-state index in [1.807, 2.05) is 32.0 Å². The number of amides is 1. The number of hydrogen-bond donors (Lipinski definition) is 2. The molecule has 4 rings (SSSR count). The minimum Gasteiger partial charge on any atom is -0.490 e. The molecule has 0 saturated heterocycles. The molecule has 3 aromatic rings. The number of aromatic nitrogens is 2. The van der Waals surface area contributed by atoms with Gasteiger partial charge in [0.25, 0.3) is 5.89 Å². The number of rotatable bonds is 6. The van der Waals surface area contributed by atoms with Gasteiger partial charge in [0.15, 0.2) is 0 Å². The summed E-state index contributed by atoms with van der Waals surface area (Å²) in [6.07, 6.45) is 0.425. The summed E-state index contributed by atoms with van der Waals surface area (Å²) in [6.45, 7) is 6.40. The lowest BCUT2D eigenvalue weighted by atomic mass is 10.00. The van der Waals surface area contributed by atoms with Gasteiger partial charge in [-0.2, -0.15) is 10.2 Å². The van der Waals surface area contributed by atoms with E-state index in [1.165, 1.54) is 6.92 Å². The minimum atomic E-state index is -0.919. The monoisotopic (exact) mass is 475 g/mol. The van der Waals surface area contributed by atoms with Crippen LogP contribution in [0.3, 0.4) is 0 Å². The number of nitriles is 1. The van der Waals surface area contributed by atoms with Crippen LogP contribution in [0.5, 0.6) is 5.75 Å². The van der Waals surface area contributed by atoms with Crippen molar-refractivity contribution in [1.82, 2.24) is 15.0 Å². The summed E-state index contributed by atoms with van der Waals surface area (Å²) in [6, 6.07) is 12.4. The third-order valence-electron chi connectivity index (χ3n) is 6.02. The van der Waals surface area contributed by atoms with Gasteiger partial charge in [-0.1, -0.05) is 17.3 Å². The van der Waals surface area contributed by atoms with Gasteiger partial charge in [0.2, 0.25) is 11.7 Å². The van der Waals surface area contributed by atoms with E-state index < -0.39 is 12.1 Å². The average Bonchev–Trinajstić information content (AvgIpc) is 3.24. The molecule has 0 aliphatic carbocycles. The van der Waals surface area contributed by atoms with Crippen molar-refractivity contribution in [3.05, 3.63) is 53.1 Å². The number of hydrogen-bond acceptors (Lipinski definition) is 8. The number of ether oxygens (including phenoxy) is 1. The Bertz CT molecular complexity index is 1260. The van der Waals surface area contributed by atoms with Crippen molar-refractivity contribution in [2.75, 3.05) is 13.1 Å². The summed E-state index contributed by atoms with van der Waals surface area (Å²) in [7, 11) is 0. The van der Waals surface area contributed by atoms with Gasteiger partial charge in [0.05, 0.1) is 17.8 Å². The van der Waals surface area contributed by atoms with E-state index in [1.54, 1.807) is 23.1 Å². The standard InChI is InChI=1S/C26H29N5O4/c1-15(2)34-22-7-6-20(13-21(22)14-27)25-29-24(30-35-25)19-5-4-17-8-10-31(11-9-18(17)12-19)26(33)23(28)16(3)32/h4-7,12-13,15-16,23,32H,8-11,28H2,1-3H3/t16-,23-/m1/s1. The molecule has 1 aliphatic heterocycles. The molecule has 0 spiro atoms. The molecule has 1 amide bonds. The number of fused-ring (bicyclic) bond motifs is 1. The second-order valence-corrected chi connectivity index (χ2v) is 8.99. The number of benzene rings is 2. The van der Waals surface area contributed by atoms with Gasteiger partial charge in [-0.25, -0.2) is 0 Å². The van der Waals surface area contributed by atoms with Gasteiger partial charge in [-0.15, -0.1) is 0 Å². The average molecular weight is 476 g/mol. The molecule has 2 aromatic carbocycles. The maximum Gasteiger partial charge on any atom is 0.258 e. The van der Waals surface area contributed by atoms with Crippen molar-refractivity contribution >= 4 is 5.91 Å². The molecule has 0 fully saturated rings. The van der Waals surface area contributed by atoms with E-state index in [2.05, 4.69) is 16.2 Å². The molecule has 0 bridgehead atoms. The fourth-order valence-corrected chi connectivity index (χ4v) is 4.07. The molecule has 1 aliphatic rings. The van der Waals surface area contributed by atoms with E-state index in [0.29, 0.717) is 54.5 Å². The maximum absolute atomic E-state index is 12.6. The Balaban J connectivity index is 1.53. The van der Waals surface area contributed by atoms with Crippen LogP contribution in [0.1, 0.15) is 37.5 Å². The first kappa shape index (κ1) is 24.4. The highest BCUT2D eigenvalue weighted by atomic mass is 16.5. The highest BCUT2D eigenvalue weighted by Gasteiger charge is 2.26. The van der Waals surface area contributed by atoms with Crippen LogP contribution in [0.25, 0.3) is 22.8 Å². The predicted molar refractivity (Wildman–Crippen MR) is 129 cm³/mol. The Hall–Kier alpha value is -3.74. The molecule has 9 nitrogen and oxygen atoms in total. The summed E-state index contributed by atoms with van der Waals surface area (Å²) in [4.78, 5) is 18.8. The zero-order chi connectivity index (χ0) is 25.1. The second-order valence-electron chi connectivity index (χ2n) is 8.99. The Morgan fingerprint density at radius 3 is 2.54 bits per heavy atom. The lowest BCUT2D eigenvalue weighted by molar-refractivity contribution is -0.134. The normalized spacial score (nSPS) is 15.2. The van der Waals surface area contributed by atoms with Crippen molar-refractivity contribution < 1.29 is 19.2 Å². The van der Waals surface area contributed by atoms with Gasteiger partial charge >= 0.3 is 0 Å². The zero-order valence-electron chi connectivity index (χ0n) is 20.1. The Labute approximate surface area is 204 Å². The third kappa shape index (κ3) is 5.34. The molecule has 2 heterocycles. The summed E-state index contributed by atoms with van der Waals surface area (Å²) in [5.41, 5.74) is 9.95. The number of carbonyl (C=O) groups excluding carboxylic acids is 1. The molecule has 0 saturated carbocycles. The molecule has 9 heteroatoms. The van der Waals surface area contributed by atoms with Crippen LogP contribution in [0.4, 0.5) is 0 Å². The Kier molecular flexibility index (Phi) is 7.15. The number of aliphatic hydroxyl groups is 1. The van der Waals surface area contributed by atoms with Crippen molar-refractivity contribution in [3.8, 4) is 34.7 Å². The van der Waals surface area contributed by atoms with Gasteiger partial charge in [-0.3, -0.25) is 4.79 Å². The topological polar surface area (TPSA) is 138 Å². The van der Waals surface area contributed by atoms with E-state index >= 15 is 0 Å². The first-order chi connectivity index (χ1) is 16.8. The van der Waals surface area contributed by atoms with E-state index in [9.17, 15) is 15.2 Å². The fraction of sp³-hybridized carbons (Fsp3) is 0.385. The SMILES string of the molecule is CC(C)Oc1ccc(-c2nc(-c3ccc4c(c3)CCN(C(=O)[C@H](N)[C@@H](C)O)CC4)no2)cc1C#N. The van der Waals surface area contributed by atoms with E-state index in [4.69, 9.17) is 15.0 Å². The molecule has 3 N–H and O–H groups in total. The van der Waals surface area contributed by atoms with Crippen LogP contribution in [-0.2, 0) is 17.6 Å². The quantitative estimate of drug-likeness (QED) is 0.555. The van der Waals surface area contributed by atoms with Crippen LogP contribution in [0, 0.1) is 11.3 Å². The molecule has 2 atom stereocenters. The zero-order valence-corrected chi connectivity index (χ0v) is 20.1. The molecule has 182 valence electrons. The largest absolute Gasteiger partial charge is 0.490 e. The van der Waals surface area contributed by atoms with Crippen molar-refractivity contribution in [2.24, 2.45) is 5.73 Å². The highest BCUT2D eigenvalue weighted by molar-refractivity contribution is 5.82. The lowest BCUT2D eigenvalue weighted by Gasteiger charge is -2.25. The maximum atomic E-state index is 12.6. The van der Waals surface area contributed by atoms with Crippen molar-refractivity contribution in [2.45, 2.75) is 51.9 Å². The molecular formula is C26H29N5O4. The summed E-state index contributed by atoms with van der Waals surface area (Å²) in [5, 5.41) is 23.3. The Morgan fingerprint density at radius 2 is 1.86 bits per heavy atom. The number of nitrogens with two attached hydrogens (primary N) is 1. The van der Waals surface area contributed by atoms with Crippen LogP contribution in [0.15, 0.2) is 40.9 Å². The molecule has 35 heavy (non-hydrogen) atoms. The highest BCUT2D eigenvalue weighted by Crippen LogP contribution is 2.29. The minimum absolute atomic E-state index is 0.0451. The van der Waals surface area contributed by atoms with Gasteiger partial charge < -0.3 is 25.0 Å². The van der Waals surface area contributed by atoms with Crippen molar-refractivity contribution in [1.29, 1.82) is 5.26 Å². The fourth-order valence-electron chi connectivity index (χ4n) is 4.07. The van der Waals surface area contributed by atoms with Crippen LogP contribution >= 0.6 is 0 Å². The summed E-state index contributed by atoms with van der Waals surface area (Å²) in [5.74, 6) is 1.03. The lowest BCUT2D eigenvalue weighted by Crippen LogP contribution is -2.49. The molecular weight excluding hydrogens is 446 g/mol. The molecule has 1 aromatic heterocycles. The van der Waals surface area contributed by atoms with Gasteiger partial charge in [-0.05, 0) is 69.0 Å². The first-order valence-electron chi connectivity index (χ1n) is 11.7. The number of nitrogens with zero attached hydrogens (tertiary/aromatic N) is 4. The first-order valence-corrected chi connectivity index (χ1v) is 11.7. The molecule has 0 unspecified atom stereocenters. The van der Waals surface area contributed by atoms with Crippen molar-refractivity contribution in [3.63, 3.8) is 0 Å². The van der Waals surface area contributed by atoms with Gasteiger partial charge in [0, 0.05) is 24.2 Å². The van der Waals surface area contributed by atoms with Crippen LogP contribution in [-0.4, -0.2) is 57.4 Å².